The van der Waals surface area contributed by atoms with Gasteiger partial charge in [0.25, 0.3) is 0 Å². The molecule has 1 heterocycles. The van der Waals surface area contributed by atoms with Gasteiger partial charge in [-0.2, -0.15) is 0 Å². The molecule has 0 radical (unpaired) electrons. The van der Waals surface area contributed by atoms with Gasteiger partial charge in [0.1, 0.15) is 0 Å². The van der Waals surface area contributed by atoms with E-state index in [9.17, 15) is 13.2 Å². The lowest BCUT2D eigenvalue weighted by Gasteiger charge is -2.14. The van der Waals surface area contributed by atoms with Gasteiger partial charge in [-0.05, 0) is 24.4 Å². The third kappa shape index (κ3) is 4.06. The number of hydrogen-bond donors (Lipinski definition) is 1. The van der Waals surface area contributed by atoms with E-state index in [4.69, 9.17) is 0 Å². The van der Waals surface area contributed by atoms with Crippen molar-refractivity contribution >= 4 is 37.4 Å². The summed E-state index contributed by atoms with van der Waals surface area (Å²) in [6.07, 6.45) is -0.0320. The summed E-state index contributed by atoms with van der Waals surface area (Å²) in [5, 5.41) is 4.01. The first kappa shape index (κ1) is 16.9. The number of sulfonamides is 1. The topological polar surface area (TPSA) is 66.5 Å². The molecule has 0 unspecified atom stereocenters. The van der Waals surface area contributed by atoms with Crippen LogP contribution in [-0.4, -0.2) is 38.5 Å². The summed E-state index contributed by atoms with van der Waals surface area (Å²) in [6, 6.07) is 9.97. The van der Waals surface area contributed by atoms with E-state index in [0.29, 0.717) is 0 Å². The molecule has 1 aromatic heterocycles. The number of carbonyl (C=O) groups excluding carboxylic acids is 1. The van der Waals surface area contributed by atoms with E-state index in [1.165, 1.54) is 18.8 Å². The molecule has 0 aliphatic heterocycles. The Hall–Kier alpha value is -1.44. The molecule has 1 aromatic carbocycles. The second-order valence-electron chi connectivity index (χ2n) is 5.32. The number of hydrogen-bond acceptors (Lipinski definition) is 4. The van der Waals surface area contributed by atoms with Crippen molar-refractivity contribution in [2.24, 2.45) is 0 Å². The van der Waals surface area contributed by atoms with Gasteiger partial charge < -0.3 is 5.32 Å². The Kier molecular flexibility index (Phi) is 5.20. The molecule has 2 rings (SSSR count). The molecule has 2 aromatic rings. The first-order chi connectivity index (χ1) is 10.3. The summed E-state index contributed by atoms with van der Waals surface area (Å²) in [6.45, 7) is 1.91. The lowest BCUT2D eigenvalue weighted by molar-refractivity contribution is -0.121. The maximum atomic E-state index is 11.9. The summed E-state index contributed by atoms with van der Waals surface area (Å²) >= 11 is 1.63. The number of nitrogens with zero attached hydrogens (tertiary/aromatic N) is 1. The Balaban J connectivity index is 1.96. The highest BCUT2D eigenvalue weighted by molar-refractivity contribution is 7.89. The number of nitrogens with one attached hydrogen (secondary N) is 1. The smallest absolute Gasteiger partial charge is 0.221 e. The van der Waals surface area contributed by atoms with Gasteiger partial charge in [-0.15, -0.1) is 11.3 Å². The van der Waals surface area contributed by atoms with Crippen LogP contribution in [0.1, 0.15) is 24.3 Å². The first-order valence-corrected chi connectivity index (χ1v) is 9.40. The van der Waals surface area contributed by atoms with Crippen molar-refractivity contribution in [1.29, 1.82) is 0 Å². The Bertz CT molecular complexity index is 733. The molecule has 1 atom stereocenters. The van der Waals surface area contributed by atoms with Crippen molar-refractivity contribution in [2.45, 2.75) is 19.4 Å². The van der Waals surface area contributed by atoms with Crippen molar-refractivity contribution < 1.29 is 13.2 Å². The molecule has 0 saturated carbocycles. The van der Waals surface area contributed by atoms with Crippen molar-refractivity contribution in [1.82, 2.24) is 9.62 Å². The maximum Gasteiger partial charge on any atom is 0.221 e. The average molecular weight is 340 g/mol. The molecule has 22 heavy (non-hydrogen) atoms. The summed E-state index contributed by atoms with van der Waals surface area (Å²) in [7, 11) is -0.408. The van der Waals surface area contributed by atoms with Gasteiger partial charge in [0, 0.05) is 30.1 Å². The van der Waals surface area contributed by atoms with Gasteiger partial charge in [-0.3, -0.25) is 4.79 Å². The van der Waals surface area contributed by atoms with Crippen LogP contribution in [0.3, 0.4) is 0 Å². The van der Waals surface area contributed by atoms with Gasteiger partial charge in [-0.25, -0.2) is 12.7 Å². The lowest BCUT2D eigenvalue weighted by Crippen LogP contribution is -2.31. The van der Waals surface area contributed by atoms with Crippen LogP contribution >= 0.6 is 11.3 Å². The molecule has 0 aliphatic carbocycles. The fourth-order valence-electron chi connectivity index (χ4n) is 2.00. The molecule has 0 spiro atoms. The Labute approximate surface area is 135 Å². The van der Waals surface area contributed by atoms with Crippen LogP contribution in [0, 0.1) is 0 Å². The van der Waals surface area contributed by atoms with E-state index in [0.717, 1.165) is 14.6 Å². The highest BCUT2D eigenvalue weighted by Gasteiger charge is 2.18. The normalized spacial score (nSPS) is 13.5. The second-order valence-corrected chi connectivity index (χ2v) is 8.74. The molecular weight excluding hydrogens is 320 g/mol. The van der Waals surface area contributed by atoms with Gasteiger partial charge in [0.2, 0.25) is 15.9 Å². The van der Waals surface area contributed by atoms with Crippen molar-refractivity contribution in [3.8, 4) is 0 Å². The Morgan fingerprint density at radius 3 is 2.64 bits per heavy atom. The van der Waals surface area contributed by atoms with Crippen LogP contribution in [-0.2, 0) is 14.8 Å². The van der Waals surface area contributed by atoms with Crippen molar-refractivity contribution in [3.63, 3.8) is 0 Å². The number of rotatable bonds is 6. The van der Waals surface area contributed by atoms with Crippen LogP contribution in [0.4, 0.5) is 0 Å². The number of fused-ring (bicyclic) bond motifs is 1. The van der Waals surface area contributed by atoms with Crippen LogP contribution in [0.5, 0.6) is 0 Å². The monoisotopic (exact) mass is 340 g/mol. The molecule has 5 nitrogen and oxygen atoms in total. The Morgan fingerprint density at radius 2 is 2.00 bits per heavy atom. The largest absolute Gasteiger partial charge is 0.349 e. The Morgan fingerprint density at radius 1 is 1.32 bits per heavy atom. The minimum absolute atomic E-state index is 0.0320. The number of amides is 1. The summed E-state index contributed by atoms with van der Waals surface area (Å²) in [5.41, 5.74) is 0. The van der Waals surface area contributed by atoms with Gasteiger partial charge in [0.15, 0.2) is 0 Å². The summed E-state index contributed by atoms with van der Waals surface area (Å²) < 4.78 is 25.6. The molecule has 120 valence electrons. The molecule has 0 fully saturated rings. The van der Waals surface area contributed by atoms with Gasteiger partial charge in [-0.1, -0.05) is 18.2 Å². The van der Waals surface area contributed by atoms with E-state index in [-0.39, 0.29) is 24.1 Å². The van der Waals surface area contributed by atoms with Crippen molar-refractivity contribution in [2.75, 3.05) is 19.8 Å². The first-order valence-electron chi connectivity index (χ1n) is 6.97. The highest BCUT2D eigenvalue weighted by atomic mass is 32.2. The second kappa shape index (κ2) is 6.76. The minimum atomic E-state index is -3.34. The lowest BCUT2D eigenvalue weighted by atomic mass is 10.2. The average Bonchev–Trinajstić information content (AvgIpc) is 2.89. The summed E-state index contributed by atoms with van der Waals surface area (Å²) in [5.74, 6) is -0.430. The van der Waals surface area contributed by atoms with E-state index in [2.05, 4.69) is 11.4 Å². The molecular formula is C15H20N2O3S2. The van der Waals surface area contributed by atoms with Gasteiger partial charge in [0.05, 0.1) is 11.8 Å². The maximum absolute atomic E-state index is 11.9. The van der Waals surface area contributed by atoms with Crippen LogP contribution in [0.2, 0.25) is 0 Å². The molecule has 1 N–H and O–H groups in total. The van der Waals surface area contributed by atoms with Crippen LogP contribution < -0.4 is 5.32 Å². The molecule has 0 bridgehead atoms. The molecule has 0 aliphatic rings. The predicted molar refractivity (Wildman–Crippen MR) is 90.5 cm³/mol. The molecule has 1 amide bonds. The molecule has 7 heteroatoms. The van der Waals surface area contributed by atoms with Crippen LogP contribution in [0.15, 0.2) is 30.3 Å². The standard InChI is InChI=1S/C15H20N2O3S2/c1-11(14-10-12-6-4-5-7-13(12)21-14)16-15(18)8-9-22(19,20)17(2)3/h4-7,10-11H,8-9H2,1-3H3,(H,16,18)/t11-/m1/s1. The zero-order valence-electron chi connectivity index (χ0n) is 12.9. The van der Waals surface area contributed by atoms with Crippen molar-refractivity contribution in [3.05, 3.63) is 35.2 Å². The minimum Gasteiger partial charge on any atom is -0.349 e. The number of benzene rings is 1. The SMILES string of the molecule is C[C@@H](NC(=O)CCS(=O)(=O)N(C)C)c1cc2ccccc2s1. The van der Waals surface area contributed by atoms with E-state index >= 15 is 0 Å². The zero-order valence-corrected chi connectivity index (χ0v) is 14.5. The van der Waals surface area contributed by atoms with E-state index < -0.39 is 10.0 Å². The zero-order chi connectivity index (χ0) is 16.3. The number of carbonyl (C=O) groups is 1. The van der Waals surface area contributed by atoms with Gasteiger partial charge >= 0.3 is 0 Å². The summed E-state index contributed by atoms with van der Waals surface area (Å²) in [4.78, 5) is 13.0. The molecule has 0 saturated heterocycles. The third-order valence-corrected chi connectivity index (χ3v) is 6.52. The van der Waals surface area contributed by atoms with E-state index in [1.807, 2.05) is 31.2 Å². The fraction of sp³-hybridized carbons (Fsp3) is 0.400. The van der Waals surface area contributed by atoms with E-state index in [1.54, 1.807) is 11.3 Å². The fourth-order valence-corrected chi connectivity index (χ4v) is 3.88. The predicted octanol–water partition coefficient (Wildman–Crippen LogP) is 2.36. The quantitative estimate of drug-likeness (QED) is 0.878. The highest BCUT2D eigenvalue weighted by Crippen LogP contribution is 2.29. The number of thiophene rings is 1. The third-order valence-electron chi connectivity index (χ3n) is 3.39. The van der Waals surface area contributed by atoms with Crippen LogP contribution in [0.25, 0.3) is 10.1 Å².